The summed E-state index contributed by atoms with van der Waals surface area (Å²) in [7, 11) is 1.35. The number of aryl methyl sites for hydroxylation is 1. The number of nitrogens with one attached hydrogen (secondary N) is 2. The number of nitrogens with zero attached hydrogens (tertiary/aromatic N) is 2. The zero-order valence-electron chi connectivity index (χ0n) is 16.9. The smallest absolute Gasteiger partial charge is 0.337 e. The summed E-state index contributed by atoms with van der Waals surface area (Å²) in [6, 6.07) is 16.5. The van der Waals surface area contributed by atoms with Crippen LogP contribution in [0.25, 0.3) is 0 Å². The quantitative estimate of drug-likeness (QED) is 0.556. The highest BCUT2D eigenvalue weighted by molar-refractivity contribution is 5.90. The van der Waals surface area contributed by atoms with Crippen LogP contribution >= 0.6 is 0 Å². The van der Waals surface area contributed by atoms with Gasteiger partial charge in [0.25, 0.3) is 0 Å². The molecule has 3 aromatic rings. The van der Waals surface area contributed by atoms with E-state index in [2.05, 4.69) is 20.6 Å². The molecule has 7 nitrogen and oxygen atoms in total. The number of carbonyl (C=O) groups is 1. The van der Waals surface area contributed by atoms with E-state index in [4.69, 9.17) is 9.47 Å². The summed E-state index contributed by atoms with van der Waals surface area (Å²) in [5.41, 5.74) is 2.74. The maximum atomic E-state index is 11.7. The summed E-state index contributed by atoms with van der Waals surface area (Å²) >= 11 is 0. The summed E-state index contributed by atoms with van der Waals surface area (Å²) in [6.07, 6.45) is 0.0596. The van der Waals surface area contributed by atoms with E-state index in [1.54, 1.807) is 18.2 Å². The van der Waals surface area contributed by atoms with Crippen LogP contribution in [0.5, 0.6) is 5.75 Å². The van der Waals surface area contributed by atoms with Crippen molar-refractivity contribution in [3.05, 3.63) is 65.9 Å². The second-order valence-electron chi connectivity index (χ2n) is 6.70. The molecule has 2 N–H and O–H groups in total. The van der Waals surface area contributed by atoms with Crippen LogP contribution in [0, 0.1) is 6.92 Å². The zero-order chi connectivity index (χ0) is 20.8. The second kappa shape index (κ2) is 9.05. The summed E-state index contributed by atoms with van der Waals surface area (Å²) in [5, 5.41) is 6.43. The Morgan fingerprint density at radius 1 is 1.00 bits per heavy atom. The maximum absolute atomic E-state index is 11.7. The van der Waals surface area contributed by atoms with Crippen LogP contribution in [0.3, 0.4) is 0 Å². The van der Waals surface area contributed by atoms with Gasteiger partial charge >= 0.3 is 5.97 Å². The molecule has 0 aliphatic heterocycles. The minimum Gasteiger partial charge on any atom is -0.489 e. The number of esters is 1. The van der Waals surface area contributed by atoms with E-state index >= 15 is 0 Å². The van der Waals surface area contributed by atoms with Crippen molar-refractivity contribution in [2.24, 2.45) is 0 Å². The molecule has 0 amide bonds. The largest absolute Gasteiger partial charge is 0.489 e. The number of rotatable bonds is 7. The van der Waals surface area contributed by atoms with E-state index in [9.17, 15) is 4.79 Å². The van der Waals surface area contributed by atoms with Gasteiger partial charge in [-0.1, -0.05) is 18.2 Å². The lowest BCUT2D eigenvalue weighted by Crippen LogP contribution is -2.08. The molecule has 0 bridgehead atoms. The summed E-state index contributed by atoms with van der Waals surface area (Å²) in [5.74, 6) is 1.39. The highest BCUT2D eigenvalue weighted by atomic mass is 16.5. The van der Waals surface area contributed by atoms with Gasteiger partial charge in [-0.25, -0.2) is 9.78 Å². The van der Waals surface area contributed by atoms with Crippen LogP contribution in [0.2, 0.25) is 0 Å². The number of hydrogen-bond donors (Lipinski definition) is 2. The van der Waals surface area contributed by atoms with Crippen molar-refractivity contribution in [1.82, 2.24) is 9.97 Å². The van der Waals surface area contributed by atoms with Gasteiger partial charge in [-0.3, -0.25) is 0 Å². The Bertz CT molecular complexity index is 1000. The third kappa shape index (κ3) is 5.44. The van der Waals surface area contributed by atoms with Crippen molar-refractivity contribution in [3.8, 4) is 5.75 Å². The molecule has 0 aliphatic carbocycles. The van der Waals surface area contributed by atoms with Gasteiger partial charge in [-0.2, -0.15) is 4.98 Å². The Labute approximate surface area is 170 Å². The molecule has 29 heavy (non-hydrogen) atoms. The van der Waals surface area contributed by atoms with Crippen LogP contribution < -0.4 is 15.4 Å². The van der Waals surface area contributed by atoms with Crippen molar-refractivity contribution in [2.45, 2.75) is 26.9 Å². The van der Waals surface area contributed by atoms with Crippen LogP contribution in [0.4, 0.5) is 23.1 Å². The fourth-order valence-corrected chi connectivity index (χ4v) is 2.72. The van der Waals surface area contributed by atoms with E-state index in [0.717, 1.165) is 17.1 Å². The van der Waals surface area contributed by atoms with Gasteiger partial charge in [-0.05, 0) is 51.1 Å². The summed E-state index contributed by atoms with van der Waals surface area (Å²) in [6.45, 7) is 5.85. The standard InChI is InChI=1S/C22H24N4O3/c1-14(2)29-19-11-6-5-10-18(19)25-20-12-15(3)23-22(26-20)24-17-9-7-8-16(13-17)21(27)28-4/h5-14H,1-4H3,(H2,23,24,25,26). The van der Waals surface area contributed by atoms with Gasteiger partial charge in [0.1, 0.15) is 11.6 Å². The molecule has 7 heteroatoms. The minimum atomic E-state index is -0.400. The minimum absolute atomic E-state index is 0.0596. The van der Waals surface area contributed by atoms with Crippen molar-refractivity contribution >= 4 is 29.1 Å². The zero-order valence-corrected chi connectivity index (χ0v) is 16.9. The molecule has 1 heterocycles. The fraction of sp³-hybridized carbons (Fsp3) is 0.227. The van der Waals surface area contributed by atoms with E-state index < -0.39 is 5.97 Å². The van der Waals surface area contributed by atoms with Gasteiger partial charge in [-0.15, -0.1) is 0 Å². The first kappa shape index (κ1) is 20.1. The SMILES string of the molecule is COC(=O)c1cccc(Nc2nc(C)cc(Nc3ccccc3OC(C)C)n2)c1. The Morgan fingerprint density at radius 3 is 2.55 bits per heavy atom. The van der Waals surface area contributed by atoms with E-state index in [1.165, 1.54) is 7.11 Å². The van der Waals surface area contributed by atoms with E-state index in [1.807, 2.05) is 57.2 Å². The fourth-order valence-electron chi connectivity index (χ4n) is 2.72. The van der Waals surface area contributed by atoms with Crippen molar-refractivity contribution in [3.63, 3.8) is 0 Å². The number of para-hydroxylation sites is 2. The van der Waals surface area contributed by atoms with E-state index in [0.29, 0.717) is 23.0 Å². The lowest BCUT2D eigenvalue weighted by atomic mass is 10.2. The molecule has 0 spiro atoms. The Morgan fingerprint density at radius 2 is 1.79 bits per heavy atom. The monoisotopic (exact) mass is 392 g/mol. The number of ether oxygens (including phenoxy) is 2. The highest BCUT2D eigenvalue weighted by Crippen LogP contribution is 2.28. The lowest BCUT2D eigenvalue weighted by molar-refractivity contribution is 0.0601. The van der Waals surface area contributed by atoms with Gasteiger partial charge in [0.05, 0.1) is 24.5 Å². The van der Waals surface area contributed by atoms with Crippen LogP contribution in [-0.2, 0) is 4.74 Å². The van der Waals surface area contributed by atoms with Crippen molar-refractivity contribution < 1.29 is 14.3 Å². The van der Waals surface area contributed by atoms with Crippen molar-refractivity contribution in [1.29, 1.82) is 0 Å². The third-order valence-corrected chi connectivity index (χ3v) is 3.91. The molecule has 0 aliphatic rings. The normalized spacial score (nSPS) is 10.5. The van der Waals surface area contributed by atoms with Gasteiger partial charge < -0.3 is 20.1 Å². The topological polar surface area (TPSA) is 85.4 Å². The average Bonchev–Trinajstić information content (AvgIpc) is 2.68. The Balaban J connectivity index is 1.84. The molecule has 0 saturated heterocycles. The van der Waals surface area contributed by atoms with Gasteiger partial charge in [0.15, 0.2) is 0 Å². The molecule has 0 fully saturated rings. The second-order valence-corrected chi connectivity index (χ2v) is 6.70. The van der Waals surface area contributed by atoms with Crippen molar-refractivity contribution in [2.75, 3.05) is 17.7 Å². The number of anilines is 4. The number of hydrogen-bond acceptors (Lipinski definition) is 7. The number of benzene rings is 2. The first-order valence-electron chi connectivity index (χ1n) is 9.28. The first-order chi connectivity index (χ1) is 13.9. The number of aromatic nitrogens is 2. The third-order valence-electron chi connectivity index (χ3n) is 3.91. The van der Waals surface area contributed by atoms with Crippen LogP contribution in [-0.4, -0.2) is 29.2 Å². The molecule has 2 aromatic carbocycles. The predicted octanol–water partition coefficient (Wildman–Crippen LogP) is 4.85. The molecule has 0 atom stereocenters. The lowest BCUT2D eigenvalue weighted by Gasteiger charge is -2.16. The molecule has 1 aromatic heterocycles. The average molecular weight is 392 g/mol. The van der Waals surface area contributed by atoms with Gasteiger partial charge in [0.2, 0.25) is 5.95 Å². The molecule has 3 rings (SSSR count). The first-order valence-corrected chi connectivity index (χ1v) is 9.28. The Hall–Kier alpha value is -3.61. The number of carbonyl (C=O) groups excluding carboxylic acids is 1. The predicted molar refractivity (Wildman–Crippen MR) is 113 cm³/mol. The summed E-state index contributed by atoms with van der Waals surface area (Å²) < 4.78 is 10.6. The van der Waals surface area contributed by atoms with Gasteiger partial charge in [0, 0.05) is 17.4 Å². The Kier molecular flexibility index (Phi) is 6.29. The molecular formula is C22H24N4O3. The number of methoxy groups -OCH3 is 1. The summed E-state index contributed by atoms with van der Waals surface area (Å²) in [4.78, 5) is 20.7. The molecular weight excluding hydrogens is 368 g/mol. The molecule has 0 radical (unpaired) electrons. The maximum Gasteiger partial charge on any atom is 0.337 e. The molecule has 0 saturated carbocycles. The molecule has 0 unspecified atom stereocenters. The molecule has 150 valence electrons. The van der Waals surface area contributed by atoms with Crippen LogP contribution in [0.15, 0.2) is 54.6 Å². The highest BCUT2D eigenvalue weighted by Gasteiger charge is 2.10. The van der Waals surface area contributed by atoms with E-state index in [-0.39, 0.29) is 6.10 Å². The van der Waals surface area contributed by atoms with Crippen LogP contribution in [0.1, 0.15) is 29.9 Å².